The molecule has 1 aromatic heterocycles. The summed E-state index contributed by atoms with van der Waals surface area (Å²) in [6.45, 7) is 7.65. The maximum atomic E-state index is 10.4. The number of rotatable bonds is 7. The van der Waals surface area contributed by atoms with Crippen LogP contribution in [0.3, 0.4) is 0 Å². The lowest BCUT2D eigenvalue weighted by Gasteiger charge is -2.30. The predicted octanol–water partition coefficient (Wildman–Crippen LogP) is 1.86. The van der Waals surface area contributed by atoms with Gasteiger partial charge >= 0.3 is 0 Å². The molecule has 0 atom stereocenters. The highest BCUT2D eigenvalue weighted by molar-refractivity contribution is 9.10. The number of ether oxygens (including phenoxy) is 3. The van der Waals surface area contributed by atoms with Gasteiger partial charge in [-0.1, -0.05) is 15.9 Å². The van der Waals surface area contributed by atoms with Crippen LogP contribution >= 0.6 is 15.9 Å². The van der Waals surface area contributed by atoms with Crippen molar-refractivity contribution in [1.82, 2.24) is 15.0 Å². The molecule has 0 bridgehead atoms. The maximum Gasteiger partial charge on any atom is 0.250 e. The zero-order valence-corrected chi connectivity index (χ0v) is 19.4. The second-order valence-electron chi connectivity index (χ2n) is 7.10. The standard InChI is InChI=1S/C20H26BrN7O4/c1-2-32-16-12-15(21)11-14(17(16)29)13-22-26-18-23-19(27-3-7-30-8-4-27)25-20(24-18)28-5-9-31-10-6-28/h11-13,29H,2-10H2,1H3,(H,23,24,25,26)/b22-13-. The molecule has 4 rings (SSSR count). The largest absolute Gasteiger partial charge is 0.504 e. The number of hydrazone groups is 1. The van der Waals surface area contributed by atoms with Crippen molar-refractivity contribution in [2.75, 3.05) is 74.4 Å². The molecule has 12 heteroatoms. The average molecular weight is 508 g/mol. The van der Waals surface area contributed by atoms with Crippen LogP contribution in [0.1, 0.15) is 12.5 Å². The summed E-state index contributed by atoms with van der Waals surface area (Å²) in [5.41, 5.74) is 3.37. The molecule has 0 unspecified atom stereocenters. The number of phenols is 1. The molecule has 0 radical (unpaired) electrons. The molecular weight excluding hydrogens is 482 g/mol. The Labute approximate surface area is 194 Å². The number of nitrogens with one attached hydrogen (secondary N) is 1. The molecule has 172 valence electrons. The predicted molar refractivity (Wildman–Crippen MR) is 124 cm³/mol. The highest BCUT2D eigenvalue weighted by atomic mass is 79.9. The molecule has 0 amide bonds. The van der Waals surface area contributed by atoms with Crippen LogP contribution in [0, 0.1) is 0 Å². The molecule has 2 aromatic rings. The third-order valence-corrected chi connectivity index (χ3v) is 5.39. The van der Waals surface area contributed by atoms with E-state index in [9.17, 15) is 5.11 Å². The van der Waals surface area contributed by atoms with Crippen molar-refractivity contribution in [3.05, 3.63) is 22.2 Å². The van der Waals surface area contributed by atoms with Gasteiger partial charge in [0.05, 0.1) is 39.2 Å². The van der Waals surface area contributed by atoms with Crippen molar-refractivity contribution in [1.29, 1.82) is 0 Å². The first-order valence-electron chi connectivity index (χ1n) is 10.5. The van der Waals surface area contributed by atoms with Crippen LogP contribution in [-0.4, -0.2) is 85.5 Å². The minimum Gasteiger partial charge on any atom is -0.504 e. The minimum atomic E-state index is 0.0132. The second-order valence-corrected chi connectivity index (χ2v) is 8.02. The first-order chi connectivity index (χ1) is 15.6. The Morgan fingerprint density at radius 2 is 1.66 bits per heavy atom. The van der Waals surface area contributed by atoms with Crippen LogP contribution in [0.5, 0.6) is 11.5 Å². The molecule has 0 aliphatic carbocycles. The molecule has 2 saturated heterocycles. The monoisotopic (exact) mass is 507 g/mol. The summed E-state index contributed by atoms with van der Waals surface area (Å²) in [6, 6.07) is 3.45. The molecule has 2 N–H and O–H groups in total. The molecule has 11 nitrogen and oxygen atoms in total. The van der Waals surface area contributed by atoms with Gasteiger partial charge in [0.1, 0.15) is 0 Å². The summed E-state index contributed by atoms with van der Waals surface area (Å²) in [4.78, 5) is 17.9. The fourth-order valence-corrected chi connectivity index (χ4v) is 3.79. The molecule has 32 heavy (non-hydrogen) atoms. The Kier molecular flexibility index (Phi) is 7.55. The van der Waals surface area contributed by atoms with Crippen molar-refractivity contribution in [3.8, 4) is 11.5 Å². The summed E-state index contributed by atoms with van der Waals surface area (Å²) in [5, 5.41) is 14.7. The van der Waals surface area contributed by atoms with Crippen LogP contribution in [0.15, 0.2) is 21.7 Å². The van der Waals surface area contributed by atoms with E-state index in [0.717, 1.165) is 4.47 Å². The number of anilines is 3. The van der Waals surface area contributed by atoms with Gasteiger partial charge in [0, 0.05) is 36.2 Å². The Morgan fingerprint density at radius 3 is 2.22 bits per heavy atom. The van der Waals surface area contributed by atoms with Crippen LogP contribution in [0.25, 0.3) is 0 Å². The van der Waals surface area contributed by atoms with Crippen molar-refractivity contribution in [2.45, 2.75) is 6.92 Å². The molecule has 2 fully saturated rings. The quantitative estimate of drug-likeness (QED) is 0.424. The fraction of sp³-hybridized carbons (Fsp3) is 0.500. The molecule has 0 spiro atoms. The van der Waals surface area contributed by atoms with Crippen molar-refractivity contribution in [2.24, 2.45) is 5.10 Å². The lowest BCUT2D eigenvalue weighted by molar-refractivity contribution is 0.121. The molecule has 1 aromatic carbocycles. The topological polar surface area (TPSA) is 117 Å². The van der Waals surface area contributed by atoms with Gasteiger partial charge in [-0.05, 0) is 19.1 Å². The summed E-state index contributed by atoms with van der Waals surface area (Å²) in [6.07, 6.45) is 1.50. The minimum absolute atomic E-state index is 0.0132. The van der Waals surface area contributed by atoms with Crippen molar-refractivity contribution < 1.29 is 19.3 Å². The van der Waals surface area contributed by atoms with Crippen LogP contribution < -0.4 is 20.0 Å². The molecule has 2 aliphatic rings. The number of hydrogen-bond acceptors (Lipinski definition) is 11. The van der Waals surface area contributed by atoms with E-state index in [0.29, 0.717) is 88.4 Å². The van der Waals surface area contributed by atoms with Crippen LogP contribution in [0.4, 0.5) is 17.8 Å². The number of morpholine rings is 2. The first-order valence-corrected chi connectivity index (χ1v) is 11.3. The van der Waals surface area contributed by atoms with Crippen molar-refractivity contribution in [3.63, 3.8) is 0 Å². The number of hydrogen-bond donors (Lipinski definition) is 2. The number of aromatic nitrogens is 3. The summed E-state index contributed by atoms with van der Waals surface area (Å²) < 4.78 is 17.1. The number of halogens is 1. The van der Waals surface area contributed by atoms with E-state index in [-0.39, 0.29) is 5.75 Å². The lowest BCUT2D eigenvalue weighted by Crippen LogP contribution is -2.40. The van der Waals surface area contributed by atoms with Gasteiger partial charge < -0.3 is 29.1 Å². The van der Waals surface area contributed by atoms with Gasteiger partial charge in [-0.25, -0.2) is 5.43 Å². The Hall–Kier alpha value is -2.70. The SMILES string of the molecule is CCOc1cc(Br)cc(/C=N\Nc2nc(N3CCOCC3)nc(N3CCOCC3)n2)c1O. The highest BCUT2D eigenvalue weighted by Gasteiger charge is 2.20. The summed E-state index contributed by atoms with van der Waals surface area (Å²) in [7, 11) is 0. The fourth-order valence-electron chi connectivity index (χ4n) is 3.33. The Bertz CT molecular complexity index is 914. The van der Waals surface area contributed by atoms with Crippen molar-refractivity contribution >= 4 is 40.0 Å². The summed E-state index contributed by atoms with van der Waals surface area (Å²) in [5.74, 6) is 1.86. The molecule has 2 aliphatic heterocycles. The second kappa shape index (κ2) is 10.7. The molecular formula is C20H26BrN7O4. The third kappa shape index (κ3) is 5.56. The zero-order chi connectivity index (χ0) is 22.3. The van der Waals surface area contributed by atoms with E-state index in [2.05, 4.69) is 51.2 Å². The van der Waals surface area contributed by atoms with Crippen LogP contribution in [-0.2, 0) is 9.47 Å². The molecule has 3 heterocycles. The highest BCUT2D eigenvalue weighted by Crippen LogP contribution is 2.33. The van der Waals surface area contributed by atoms with E-state index in [4.69, 9.17) is 14.2 Å². The lowest BCUT2D eigenvalue weighted by atomic mass is 10.2. The van der Waals surface area contributed by atoms with Gasteiger partial charge in [0.15, 0.2) is 11.5 Å². The van der Waals surface area contributed by atoms with E-state index >= 15 is 0 Å². The number of phenolic OH excluding ortho intramolecular Hbond substituents is 1. The Balaban J connectivity index is 1.57. The van der Waals surface area contributed by atoms with Gasteiger partial charge in [-0.2, -0.15) is 20.1 Å². The molecule has 0 saturated carbocycles. The summed E-state index contributed by atoms with van der Waals surface area (Å²) >= 11 is 3.42. The third-order valence-electron chi connectivity index (χ3n) is 4.94. The van der Waals surface area contributed by atoms with E-state index in [1.165, 1.54) is 6.21 Å². The van der Waals surface area contributed by atoms with Gasteiger partial charge in [-0.15, -0.1) is 0 Å². The van der Waals surface area contributed by atoms with E-state index in [1.54, 1.807) is 12.1 Å². The van der Waals surface area contributed by atoms with E-state index < -0.39 is 0 Å². The smallest absolute Gasteiger partial charge is 0.250 e. The zero-order valence-electron chi connectivity index (χ0n) is 17.8. The van der Waals surface area contributed by atoms with E-state index in [1.807, 2.05) is 6.92 Å². The number of nitrogens with zero attached hydrogens (tertiary/aromatic N) is 6. The average Bonchev–Trinajstić information content (AvgIpc) is 2.83. The number of aromatic hydroxyl groups is 1. The normalized spacial score (nSPS) is 17.1. The Morgan fingerprint density at radius 1 is 1.06 bits per heavy atom. The van der Waals surface area contributed by atoms with Gasteiger partial charge in [0.25, 0.3) is 0 Å². The number of benzene rings is 1. The maximum absolute atomic E-state index is 10.4. The van der Waals surface area contributed by atoms with Gasteiger partial charge in [-0.3, -0.25) is 0 Å². The first kappa shape index (κ1) is 22.5. The van der Waals surface area contributed by atoms with Crippen LogP contribution in [0.2, 0.25) is 0 Å². The van der Waals surface area contributed by atoms with Gasteiger partial charge in [0.2, 0.25) is 17.8 Å².